The largest absolute Gasteiger partial charge is 0.493 e. The highest BCUT2D eigenvalue weighted by atomic mass is 16.5. The predicted octanol–water partition coefficient (Wildman–Crippen LogP) is 2.83. The highest BCUT2D eigenvalue weighted by Gasteiger charge is 2.09. The van der Waals surface area contributed by atoms with E-state index in [-0.39, 0.29) is 5.56 Å². The van der Waals surface area contributed by atoms with Gasteiger partial charge in [-0.25, -0.2) is 4.79 Å². The Labute approximate surface area is 119 Å². The molecule has 0 saturated carbocycles. The summed E-state index contributed by atoms with van der Waals surface area (Å²) in [6.07, 6.45) is 1.01. The Balaban J connectivity index is 2.45. The van der Waals surface area contributed by atoms with Crippen LogP contribution in [0, 0.1) is 5.92 Å². The molecule has 0 bridgehead atoms. The zero-order valence-electron chi connectivity index (χ0n) is 12.2. The van der Waals surface area contributed by atoms with Crippen molar-refractivity contribution in [1.82, 2.24) is 0 Å². The van der Waals surface area contributed by atoms with Gasteiger partial charge in [-0.2, -0.15) is 0 Å². The SMILES string of the molecule is COc1ccc(C(=O)O)cc1OCCOCCC(C)C. The highest BCUT2D eigenvalue weighted by molar-refractivity contribution is 5.88. The Hall–Kier alpha value is -1.75. The molecule has 0 fully saturated rings. The van der Waals surface area contributed by atoms with Crippen LogP contribution in [0.1, 0.15) is 30.6 Å². The summed E-state index contributed by atoms with van der Waals surface area (Å²) in [4.78, 5) is 10.9. The number of hydrogen-bond acceptors (Lipinski definition) is 4. The van der Waals surface area contributed by atoms with E-state index in [0.717, 1.165) is 6.42 Å². The van der Waals surface area contributed by atoms with Crippen LogP contribution in [0.15, 0.2) is 18.2 Å². The van der Waals surface area contributed by atoms with Gasteiger partial charge in [-0.1, -0.05) is 13.8 Å². The normalized spacial score (nSPS) is 10.6. The summed E-state index contributed by atoms with van der Waals surface area (Å²) in [6.45, 7) is 5.81. The number of carbonyl (C=O) groups is 1. The average Bonchev–Trinajstić information content (AvgIpc) is 2.42. The number of aromatic carboxylic acids is 1. The van der Waals surface area contributed by atoms with E-state index in [9.17, 15) is 4.79 Å². The second-order valence-corrected chi connectivity index (χ2v) is 4.81. The van der Waals surface area contributed by atoms with Crippen LogP contribution >= 0.6 is 0 Å². The van der Waals surface area contributed by atoms with E-state index in [1.165, 1.54) is 19.2 Å². The van der Waals surface area contributed by atoms with E-state index in [0.29, 0.717) is 37.2 Å². The lowest BCUT2D eigenvalue weighted by atomic mass is 10.1. The van der Waals surface area contributed by atoms with Gasteiger partial charge >= 0.3 is 5.97 Å². The average molecular weight is 282 g/mol. The smallest absolute Gasteiger partial charge is 0.335 e. The van der Waals surface area contributed by atoms with E-state index in [1.54, 1.807) is 6.07 Å². The number of methoxy groups -OCH3 is 1. The quantitative estimate of drug-likeness (QED) is 0.705. The van der Waals surface area contributed by atoms with E-state index in [4.69, 9.17) is 19.3 Å². The minimum absolute atomic E-state index is 0.168. The van der Waals surface area contributed by atoms with Crippen molar-refractivity contribution in [1.29, 1.82) is 0 Å². The molecule has 0 heterocycles. The topological polar surface area (TPSA) is 65.0 Å². The Morgan fingerprint density at radius 3 is 2.55 bits per heavy atom. The number of ether oxygens (including phenoxy) is 3. The molecule has 0 spiro atoms. The second-order valence-electron chi connectivity index (χ2n) is 4.81. The molecule has 0 unspecified atom stereocenters. The molecular weight excluding hydrogens is 260 g/mol. The van der Waals surface area contributed by atoms with Crippen LogP contribution in [0.3, 0.4) is 0 Å². The Morgan fingerprint density at radius 1 is 1.20 bits per heavy atom. The fourth-order valence-electron chi connectivity index (χ4n) is 1.55. The summed E-state index contributed by atoms with van der Waals surface area (Å²) in [6, 6.07) is 4.51. The van der Waals surface area contributed by atoms with Crippen molar-refractivity contribution in [3.05, 3.63) is 23.8 Å². The molecule has 0 amide bonds. The number of hydrogen-bond donors (Lipinski definition) is 1. The van der Waals surface area contributed by atoms with Crippen LogP contribution < -0.4 is 9.47 Å². The van der Waals surface area contributed by atoms with E-state index < -0.39 is 5.97 Å². The van der Waals surface area contributed by atoms with Crippen molar-refractivity contribution in [3.8, 4) is 11.5 Å². The van der Waals surface area contributed by atoms with Gasteiger partial charge in [0.05, 0.1) is 19.3 Å². The van der Waals surface area contributed by atoms with Crippen LogP contribution in [0.5, 0.6) is 11.5 Å². The Bertz CT molecular complexity index is 428. The third kappa shape index (κ3) is 5.48. The highest BCUT2D eigenvalue weighted by Crippen LogP contribution is 2.28. The summed E-state index contributed by atoms with van der Waals surface area (Å²) in [5.74, 6) is 0.547. The molecule has 0 aliphatic heterocycles. The van der Waals surface area contributed by atoms with Crippen molar-refractivity contribution in [2.45, 2.75) is 20.3 Å². The molecule has 5 nitrogen and oxygen atoms in total. The molecule has 0 atom stereocenters. The van der Waals surface area contributed by atoms with E-state index in [2.05, 4.69) is 13.8 Å². The third-order valence-corrected chi connectivity index (χ3v) is 2.74. The van der Waals surface area contributed by atoms with Gasteiger partial charge in [-0.05, 0) is 30.5 Å². The van der Waals surface area contributed by atoms with Crippen LogP contribution in [0.4, 0.5) is 0 Å². The van der Waals surface area contributed by atoms with Crippen LogP contribution in [0.25, 0.3) is 0 Å². The second kappa shape index (κ2) is 8.43. The fourth-order valence-corrected chi connectivity index (χ4v) is 1.55. The summed E-state index contributed by atoms with van der Waals surface area (Å²) in [7, 11) is 1.52. The van der Waals surface area contributed by atoms with Crippen molar-refractivity contribution in [2.75, 3.05) is 26.9 Å². The van der Waals surface area contributed by atoms with E-state index >= 15 is 0 Å². The molecule has 1 aromatic rings. The Kier molecular flexibility index (Phi) is 6.87. The molecule has 0 aliphatic carbocycles. The summed E-state index contributed by atoms with van der Waals surface area (Å²) in [5, 5.41) is 8.95. The van der Waals surface area contributed by atoms with Gasteiger partial charge < -0.3 is 19.3 Å². The van der Waals surface area contributed by atoms with Gasteiger partial charge in [-0.3, -0.25) is 0 Å². The van der Waals surface area contributed by atoms with Gasteiger partial charge in [-0.15, -0.1) is 0 Å². The zero-order valence-corrected chi connectivity index (χ0v) is 12.2. The number of benzene rings is 1. The maximum Gasteiger partial charge on any atom is 0.335 e. The molecule has 112 valence electrons. The van der Waals surface area contributed by atoms with Gasteiger partial charge in [0, 0.05) is 6.61 Å². The first-order chi connectivity index (χ1) is 9.54. The van der Waals surface area contributed by atoms with Crippen LogP contribution in [0.2, 0.25) is 0 Å². The molecule has 0 radical (unpaired) electrons. The Morgan fingerprint density at radius 2 is 1.95 bits per heavy atom. The fraction of sp³-hybridized carbons (Fsp3) is 0.533. The number of carboxylic acids is 1. The number of carboxylic acid groups (broad SMARTS) is 1. The maximum atomic E-state index is 10.9. The standard InChI is InChI=1S/C15H22O5/c1-11(2)6-7-19-8-9-20-14-10-12(15(16)17)4-5-13(14)18-3/h4-5,10-11H,6-9H2,1-3H3,(H,16,17). The first-order valence-electron chi connectivity index (χ1n) is 6.66. The lowest BCUT2D eigenvalue weighted by Crippen LogP contribution is -2.09. The molecule has 0 saturated heterocycles. The molecule has 1 rings (SSSR count). The maximum absolute atomic E-state index is 10.9. The minimum Gasteiger partial charge on any atom is -0.493 e. The van der Waals surface area contributed by atoms with Gasteiger partial charge in [0.15, 0.2) is 11.5 Å². The van der Waals surface area contributed by atoms with Crippen LogP contribution in [-0.2, 0) is 4.74 Å². The molecule has 1 aromatic carbocycles. The van der Waals surface area contributed by atoms with Crippen molar-refractivity contribution >= 4 is 5.97 Å². The van der Waals surface area contributed by atoms with Gasteiger partial charge in [0.2, 0.25) is 0 Å². The summed E-state index contributed by atoms with van der Waals surface area (Å²) in [5.41, 5.74) is 0.168. The lowest BCUT2D eigenvalue weighted by Gasteiger charge is -2.12. The molecule has 20 heavy (non-hydrogen) atoms. The van der Waals surface area contributed by atoms with Crippen molar-refractivity contribution in [3.63, 3.8) is 0 Å². The molecular formula is C15H22O5. The third-order valence-electron chi connectivity index (χ3n) is 2.74. The van der Waals surface area contributed by atoms with Gasteiger partial charge in [0.25, 0.3) is 0 Å². The number of rotatable bonds is 9. The summed E-state index contributed by atoms with van der Waals surface area (Å²) >= 11 is 0. The predicted molar refractivity (Wildman–Crippen MR) is 75.7 cm³/mol. The minimum atomic E-state index is -0.995. The first kappa shape index (κ1) is 16.3. The van der Waals surface area contributed by atoms with Crippen molar-refractivity contribution < 1.29 is 24.1 Å². The molecule has 5 heteroatoms. The zero-order chi connectivity index (χ0) is 15.0. The monoisotopic (exact) mass is 282 g/mol. The van der Waals surface area contributed by atoms with Gasteiger partial charge in [0.1, 0.15) is 6.61 Å². The molecule has 0 aromatic heterocycles. The molecule has 1 N–H and O–H groups in total. The first-order valence-corrected chi connectivity index (χ1v) is 6.66. The van der Waals surface area contributed by atoms with Crippen molar-refractivity contribution in [2.24, 2.45) is 5.92 Å². The van der Waals surface area contributed by atoms with Crippen LogP contribution in [-0.4, -0.2) is 38.0 Å². The van der Waals surface area contributed by atoms with E-state index in [1.807, 2.05) is 0 Å². The molecule has 0 aliphatic rings. The summed E-state index contributed by atoms with van der Waals surface area (Å²) < 4.78 is 16.1. The lowest BCUT2D eigenvalue weighted by molar-refractivity contribution is 0.0695.